The van der Waals surface area contributed by atoms with Gasteiger partial charge in [0.1, 0.15) is 5.58 Å². The number of aryl methyl sites for hydroxylation is 1. The highest BCUT2D eigenvalue weighted by Gasteiger charge is 2.45. The number of amides is 1. The van der Waals surface area contributed by atoms with E-state index in [1.165, 1.54) is 11.8 Å². The highest BCUT2D eigenvalue weighted by molar-refractivity contribution is 9.10. The Morgan fingerprint density at radius 1 is 1.18 bits per heavy atom. The number of halogens is 1. The van der Waals surface area contributed by atoms with Gasteiger partial charge in [-0.3, -0.25) is 19.3 Å². The molecule has 0 aliphatic carbocycles. The van der Waals surface area contributed by atoms with E-state index in [2.05, 4.69) is 27.8 Å². The smallest absolute Gasteiger partial charge is 0.297 e. The van der Waals surface area contributed by atoms with Crippen LogP contribution in [0.2, 0.25) is 0 Å². The third-order valence-corrected chi connectivity index (χ3v) is 8.15. The molecule has 1 unspecified atom stereocenters. The SMILES string of the molecule is CCCCOc1ccc(C2c3c(oc4ccc(Br)cc4c3=O)C(=O)N2c2nc(C)c(C(C)=O)s2)cc1OC. The zero-order valence-electron chi connectivity index (χ0n) is 21.3. The summed E-state index contributed by atoms with van der Waals surface area (Å²) in [7, 11) is 1.54. The first kappa shape index (κ1) is 26.1. The molecule has 4 aromatic rings. The lowest BCUT2D eigenvalue weighted by Gasteiger charge is -2.23. The van der Waals surface area contributed by atoms with Crippen LogP contribution in [0.1, 0.15) is 69.8 Å². The number of fused-ring (bicyclic) bond motifs is 2. The van der Waals surface area contributed by atoms with Crippen LogP contribution in [0, 0.1) is 6.92 Å². The maximum atomic E-state index is 13.9. The number of unbranched alkanes of at least 4 members (excludes halogenated alkanes) is 1. The van der Waals surface area contributed by atoms with Crippen molar-refractivity contribution in [2.24, 2.45) is 0 Å². The van der Waals surface area contributed by atoms with Gasteiger partial charge in [-0.1, -0.05) is 46.7 Å². The number of ether oxygens (including phenoxy) is 2. The highest BCUT2D eigenvalue weighted by atomic mass is 79.9. The number of carbonyl (C=O) groups is 2. The van der Waals surface area contributed by atoms with E-state index < -0.39 is 11.9 Å². The number of methoxy groups -OCH3 is 1. The molecule has 2 aromatic heterocycles. The number of thiazole rings is 1. The molecule has 0 spiro atoms. The number of hydrogen-bond donors (Lipinski definition) is 0. The van der Waals surface area contributed by atoms with E-state index in [1.54, 1.807) is 50.4 Å². The van der Waals surface area contributed by atoms with Gasteiger partial charge in [-0.15, -0.1) is 0 Å². The number of aromatic nitrogens is 1. The van der Waals surface area contributed by atoms with Gasteiger partial charge >= 0.3 is 0 Å². The predicted molar refractivity (Wildman–Crippen MR) is 149 cm³/mol. The Hall–Kier alpha value is -3.50. The van der Waals surface area contributed by atoms with Crippen molar-refractivity contribution < 1.29 is 23.5 Å². The Morgan fingerprint density at radius 3 is 2.66 bits per heavy atom. The number of ketones is 1. The number of nitrogens with zero attached hydrogens (tertiary/aromatic N) is 2. The Morgan fingerprint density at radius 2 is 1.97 bits per heavy atom. The van der Waals surface area contributed by atoms with Gasteiger partial charge in [0.05, 0.1) is 41.3 Å². The molecule has 3 heterocycles. The van der Waals surface area contributed by atoms with Crippen LogP contribution in [0.4, 0.5) is 5.13 Å². The van der Waals surface area contributed by atoms with Gasteiger partial charge in [-0.25, -0.2) is 4.98 Å². The predicted octanol–water partition coefficient (Wildman–Crippen LogP) is 6.46. The molecule has 0 saturated heterocycles. The fourth-order valence-corrected chi connectivity index (χ4v) is 5.92. The van der Waals surface area contributed by atoms with Crippen LogP contribution in [0.25, 0.3) is 11.0 Å². The normalized spacial score (nSPS) is 14.7. The zero-order valence-corrected chi connectivity index (χ0v) is 23.7. The monoisotopic (exact) mass is 596 g/mol. The summed E-state index contributed by atoms with van der Waals surface area (Å²) in [6.07, 6.45) is 1.89. The second-order valence-electron chi connectivity index (χ2n) is 8.97. The van der Waals surface area contributed by atoms with Crippen LogP contribution in [0.3, 0.4) is 0 Å². The number of anilines is 1. The molecule has 5 rings (SSSR count). The third kappa shape index (κ3) is 4.41. The van der Waals surface area contributed by atoms with E-state index in [0.717, 1.165) is 24.2 Å². The van der Waals surface area contributed by atoms with E-state index in [-0.39, 0.29) is 22.5 Å². The average Bonchev–Trinajstić information content (AvgIpc) is 3.42. The minimum Gasteiger partial charge on any atom is -0.493 e. The third-order valence-electron chi connectivity index (χ3n) is 6.40. The first-order chi connectivity index (χ1) is 18.2. The molecule has 0 fully saturated rings. The summed E-state index contributed by atoms with van der Waals surface area (Å²) in [6, 6.07) is 9.58. The number of Topliss-reactive ketones (excluding diaryl/α,β-unsaturated/α-hetero) is 1. The van der Waals surface area contributed by atoms with E-state index in [9.17, 15) is 14.4 Å². The molecule has 1 aliphatic heterocycles. The molecular weight excluding hydrogens is 572 g/mol. The molecule has 1 aliphatic rings. The van der Waals surface area contributed by atoms with Gasteiger partial charge in [0, 0.05) is 11.4 Å². The van der Waals surface area contributed by atoms with Crippen molar-refractivity contribution in [2.75, 3.05) is 18.6 Å². The summed E-state index contributed by atoms with van der Waals surface area (Å²) in [5, 5.41) is 0.657. The molecule has 0 N–H and O–H groups in total. The molecule has 196 valence electrons. The van der Waals surface area contributed by atoms with E-state index in [4.69, 9.17) is 13.9 Å². The standard InChI is InChI=1S/C28H25BrN2O6S/c1-5-6-11-36-20-9-7-16(12-21(20)35-4)23-22-24(33)18-13-17(29)8-10-19(18)37-25(22)27(34)31(23)28-30-14(2)26(38-28)15(3)32/h7-10,12-13,23H,5-6,11H2,1-4H3. The zero-order chi connectivity index (χ0) is 27.1. The van der Waals surface area contributed by atoms with Gasteiger partial charge in [0.2, 0.25) is 5.76 Å². The van der Waals surface area contributed by atoms with Crippen molar-refractivity contribution in [2.45, 2.75) is 39.7 Å². The van der Waals surface area contributed by atoms with Crippen molar-refractivity contribution in [1.29, 1.82) is 0 Å². The molecule has 0 saturated carbocycles. The second-order valence-corrected chi connectivity index (χ2v) is 10.9. The molecular formula is C28H25BrN2O6S. The lowest BCUT2D eigenvalue weighted by molar-refractivity contribution is 0.0969. The van der Waals surface area contributed by atoms with E-state index in [0.29, 0.717) is 54.8 Å². The average molecular weight is 597 g/mol. The summed E-state index contributed by atoms with van der Waals surface area (Å²) in [5.41, 5.74) is 1.34. The van der Waals surface area contributed by atoms with Crippen molar-refractivity contribution in [3.63, 3.8) is 0 Å². The Kier molecular flexibility index (Phi) is 7.11. The van der Waals surface area contributed by atoms with Crippen molar-refractivity contribution >= 4 is 55.1 Å². The minimum absolute atomic E-state index is 0.0470. The maximum Gasteiger partial charge on any atom is 0.297 e. The van der Waals surface area contributed by atoms with Crippen LogP contribution >= 0.6 is 27.3 Å². The lowest BCUT2D eigenvalue weighted by Crippen LogP contribution is -2.29. The van der Waals surface area contributed by atoms with E-state index in [1.807, 2.05) is 0 Å². The Balaban J connectivity index is 1.73. The van der Waals surface area contributed by atoms with E-state index >= 15 is 0 Å². The topological polar surface area (TPSA) is 98.9 Å². The van der Waals surface area contributed by atoms with Crippen LogP contribution in [-0.2, 0) is 0 Å². The van der Waals surface area contributed by atoms with Crippen molar-refractivity contribution in [1.82, 2.24) is 4.98 Å². The molecule has 1 atom stereocenters. The number of carbonyl (C=O) groups excluding carboxylic acids is 2. The first-order valence-corrected chi connectivity index (χ1v) is 13.7. The molecule has 38 heavy (non-hydrogen) atoms. The largest absolute Gasteiger partial charge is 0.493 e. The lowest BCUT2D eigenvalue weighted by atomic mass is 9.98. The minimum atomic E-state index is -0.846. The van der Waals surface area contributed by atoms with Gasteiger partial charge < -0.3 is 13.9 Å². The van der Waals surface area contributed by atoms with Gasteiger partial charge in [-0.2, -0.15) is 0 Å². The van der Waals surface area contributed by atoms with Crippen LogP contribution in [0.15, 0.2) is 50.1 Å². The molecule has 2 aromatic carbocycles. The number of benzene rings is 2. The van der Waals surface area contributed by atoms with Crippen LogP contribution < -0.4 is 19.8 Å². The summed E-state index contributed by atoms with van der Waals surface area (Å²) in [5.74, 6) is 0.352. The first-order valence-electron chi connectivity index (χ1n) is 12.1. The van der Waals surface area contributed by atoms with Crippen LogP contribution in [-0.4, -0.2) is 30.4 Å². The van der Waals surface area contributed by atoms with Gasteiger partial charge in [0.25, 0.3) is 5.91 Å². The summed E-state index contributed by atoms with van der Waals surface area (Å²) >= 11 is 4.53. The highest BCUT2D eigenvalue weighted by Crippen LogP contribution is 2.45. The molecule has 8 nitrogen and oxygen atoms in total. The second kappa shape index (κ2) is 10.3. The van der Waals surface area contributed by atoms with Gasteiger partial charge in [0.15, 0.2) is 27.8 Å². The quantitative estimate of drug-likeness (QED) is 0.170. The Labute approximate surface area is 231 Å². The fraction of sp³-hybridized carbons (Fsp3) is 0.286. The van der Waals surface area contributed by atoms with Crippen molar-refractivity contribution in [3.8, 4) is 11.5 Å². The fourth-order valence-electron chi connectivity index (χ4n) is 4.57. The summed E-state index contributed by atoms with van der Waals surface area (Å²) < 4.78 is 18.2. The van der Waals surface area contributed by atoms with Gasteiger partial charge in [-0.05, 0) is 49.2 Å². The van der Waals surface area contributed by atoms with Crippen molar-refractivity contribution in [3.05, 3.63) is 78.6 Å². The number of rotatable bonds is 8. The Bertz CT molecular complexity index is 1640. The number of hydrogen-bond acceptors (Lipinski definition) is 8. The summed E-state index contributed by atoms with van der Waals surface area (Å²) in [4.78, 5) is 46.3. The summed E-state index contributed by atoms with van der Waals surface area (Å²) in [6.45, 7) is 5.80. The molecule has 10 heteroatoms. The maximum absolute atomic E-state index is 13.9. The molecule has 0 bridgehead atoms. The van der Waals surface area contributed by atoms with Crippen LogP contribution in [0.5, 0.6) is 11.5 Å². The molecule has 0 radical (unpaired) electrons. The molecule has 1 amide bonds.